The van der Waals surface area contributed by atoms with Crippen molar-refractivity contribution in [3.05, 3.63) is 46.4 Å². The van der Waals surface area contributed by atoms with Crippen molar-refractivity contribution >= 4 is 22.9 Å². The van der Waals surface area contributed by atoms with Crippen molar-refractivity contribution in [2.45, 2.75) is 19.0 Å². The van der Waals surface area contributed by atoms with E-state index in [1.807, 2.05) is 23.6 Å². The average Bonchev–Trinajstić information content (AvgIpc) is 3.04. The molecule has 1 aromatic heterocycles. The Morgan fingerprint density at radius 3 is 3.17 bits per heavy atom. The molecule has 1 amide bonds. The summed E-state index contributed by atoms with van der Waals surface area (Å²) in [5.41, 5.74) is 4.94. The summed E-state index contributed by atoms with van der Waals surface area (Å²) >= 11 is 1.54. The average molecular weight is 259 g/mol. The number of amides is 1. The van der Waals surface area contributed by atoms with Crippen LogP contribution >= 0.6 is 11.3 Å². The number of hydrogen-bond donors (Lipinski definition) is 2. The van der Waals surface area contributed by atoms with Crippen LogP contribution in [0.4, 0.5) is 5.69 Å². The Balaban J connectivity index is 1.59. The summed E-state index contributed by atoms with van der Waals surface area (Å²) in [5, 5.41) is 8.08. The van der Waals surface area contributed by atoms with Gasteiger partial charge in [-0.2, -0.15) is 0 Å². The van der Waals surface area contributed by atoms with Gasteiger partial charge in [-0.1, -0.05) is 18.2 Å². The quantitative estimate of drug-likeness (QED) is 0.883. The minimum atomic E-state index is -0.166. The number of fused-ring (bicyclic) bond motifs is 1. The lowest BCUT2D eigenvalue weighted by molar-refractivity contribution is -0.121. The van der Waals surface area contributed by atoms with Crippen molar-refractivity contribution in [1.29, 1.82) is 0 Å². The molecule has 1 aromatic carbocycles. The van der Waals surface area contributed by atoms with Crippen molar-refractivity contribution in [3.63, 3.8) is 0 Å². The van der Waals surface area contributed by atoms with Crippen molar-refractivity contribution in [3.8, 4) is 0 Å². The monoisotopic (exact) mass is 259 g/mol. The van der Waals surface area contributed by atoms with Crippen LogP contribution < -0.4 is 10.6 Å². The molecule has 2 heterocycles. The van der Waals surface area contributed by atoms with Gasteiger partial charge in [-0.25, -0.2) is 4.98 Å². The van der Waals surface area contributed by atoms with Gasteiger partial charge in [-0.3, -0.25) is 4.79 Å². The van der Waals surface area contributed by atoms with Gasteiger partial charge in [0.15, 0.2) is 0 Å². The van der Waals surface area contributed by atoms with Crippen LogP contribution in [-0.4, -0.2) is 16.9 Å². The Morgan fingerprint density at radius 2 is 2.39 bits per heavy atom. The molecular formula is C13H13N3OS. The molecule has 0 aliphatic carbocycles. The highest BCUT2D eigenvalue weighted by Crippen LogP contribution is 2.25. The highest BCUT2D eigenvalue weighted by Gasteiger charge is 2.25. The van der Waals surface area contributed by atoms with E-state index in [9.17, 15) is 4.79 Å². The number of rotatable bonds is 3. The lowest BCUT2D eigenvalue weighted by atomic mass is 10.1. The summed E-state index contributed by atoms with van der Waals surface area (Å²) in [6, 6.07) is 7.86. The highest BCUT2D eigenvalue weighted by molar-refractivity contribution is 7.07. The fraction of sp³-hybridized carbons (Fsp3) is 0.231. The second-order valence-electron chi connectivity index (χ2n) is 4.26. The lowest BCUT2D eigenvalue weighted by Gasteiger charge is -2.10. The molecular weight excluding hydrogens is 246 g/mol. The van der Waals surface area contributed by atoms with Crippen LogP contribution in [0.3, 0.4) is 0 Å². The van der Waals surface area contributed by atoms with Gasteiger partial charge in [-0.15, -0.1) is 11.3 Å². The first-order valence-electron chi connectivity index (χ1n) is 5.82. The van der Waals surface area contributed by atoms with Gasteiger partial charge in [0.2, 0.25) is 5.91 Å². The smallest absolute Gasteiger partial charge is 0.243 e. The first kappa shape index (κ1) is 11.2. The van der Waals surface area contributed by atoms with E-state index in [1.54, 1.807) is 5.51 Å². The van der Waals surface area contributed by atoms with E-state index in [-0.39, 0.29) is 11.9 Å². The zero-order valence-electron chi connectivity index (χ0n) is 9.72. The number of nitrogens with zero attached hydrogens (tertiary/aromatic N) is 1. The third kappa shape index (κ3) is 2.22. The molecule has 0 fully saturated rings. The van der Waals surface area contributed by atoms with Gasteiger partial charge in [0.1, 0.15) is 6.04 Å². The van der Waals surface area contributed by atoms with Gasteiger partial charge < -0.3 is 10.6 Å². The molecule has 1 aliphatic heterocycles. The molecule has 92 valence electrons. The first-order chi connectivity index (χ1) is 8.83. The highest BCUT2D eigenvalue weighted by atomic mass is 32.1. The second kappa shape index (κ2) is 4.78. The van der Waals surface area contributed by atoms with E-state index in [0.29, 0.717) is 6.54 Å². The van der Waals surface area contributed by atoms with E-state index in [2.05, 4.69) is 21.7 Å². The Hall–Kier alpha value is -1.88. The molecule has 0 spiro atoms. The van der Waals surface area contributed by atoms with Crippen LogP contribution in [0.2, 0.25) is 0 Å². The Kier molecular flexibility index (Phi) is 2.98. The van der Waals surface area contributed by atoms with Gasteiger partial charge in [0, 0.05) is 17.5 Å². The van der Waals surface area contributed by atoms with Gasteiger partial charge in [0.25, 0.3) is 0 Å². The van der Waals surface area contributed by atoms with Gasteiger partial charge in [0.05, 0.1) is 17.7 Å². The van der Waals surface area contributed by atoms with E-state index in [1.165, 1.54) is 16.9 Å². The predicted octanol–water partition coefficient (Wildman–Crippen LogP) is 1.80. The third-order valence-electron chi connectivity index (χ3n) is 3.01. The fourth-order valence-electron chi connectivity index (χ4n) is 2.08. The first-order valence-corrected chi connectivity index (χ1v) is 6.76. The maximum atomic E-state index is 12.0. The Morgan fingerprint density at radius 1 is 1.50 bits per heavy atom. The normalized spacial score (nSPS) is 17.0. The van der Waals surface area contributed by atoms with E-state index >= 15 is 0 Å². The summed E-state index contributed by atoms with van der Waals surface area (Å²) < 4.78 is 0. The molecule has 0 unspecified atom stereocenters. The number of para-hydroxylation sites is 1. The minimum absolute atomic E-state index is 0.0270. The van der Waals surface area contributed by atoms with Crippen LogP contribution in [0.5, 0.6) is 0 Å². The number of carbonyl (C=O) groups is 1. The number of carbonyl (C=O) groups excluding carboxylic acids is 1. The molecule has 4 nitrogen and oxygen atoms in total. The number of anilines is 1. The maximum absolute atomic E-state index is 12.0. The van der Waals surface area contributed by atoms with Crippen LogP contribution in [0.25, 0.3) is 0 Å². The zero-order valence-corrected chi connectivity index (χ0v) is 10.5. The van der Waals surface area contributed by atoms with Crippen molar-refractivity contribution < 1.29 is 4.79 Å². The molecule has 1 atom stereocenters. The van der Waals surface area contributed by atoms with Crippen LogP contribution in [0.15, 0.2) is 35.2 Å². The number of nitrogens with one attached hydrogen (secondary N) is 2. The molecule has 1 aliphatic rings. The SMILES string of the molecule is O=C(NCc1cscn1)[C@@H]1Cc2ccccc2N1. The third-order valence-corrected chi connectivity index (χ3v) is 3.65. The van der Waals surface area contributed by atoms with Crippen LogP contribution in [0, 0.1) is 0 Å². The molecule has 3 rings (SSSR count). The zero-order chi connectivity index (χ0) is 12.4. The molecule has 5 heteroatoms. The predicted molar refractivity (Wildman–Crippen MR) is 71.5 cm³/mol. The fourth-order valence-corrected chi connectivity index (χ4v) is 2.64. The number of aromatic nitrogens is 1. The Bertz CT molecular complexity index is 528. The standard InChI is InChI=1S/C13H13N3OS/c17-13(14-6-10-7-18-8-15-10)12-5-9-3-1-2-4-11(9)16-12/h1-4,7-8,12,16H,5-6H2,(H,14,17)/t12-/m0/s1. The second-order valence-corrected chi connectivity index (χ2v) is 4.97. The van der Waals surface area contributed by atoms with Crippen molar-refractivity contribution in [2.75, 3.05) is 5.32 Å². The topological polar surface area (TPSA) is 54.0 Å². The molecule has 18 heavy (non-hydrogen) atoms. The summed E-state index contributed by atoms with van der Waals surface area (Å²) in [4.78, 5) is 16.1. The Labute approximate surface area is 109 Å². The number of thiazole rings is 1. The summed E-state index contributed by atoms with van der Waals surface area (Å²) in [6.07, 6.45) is 0.749. The van der Waals surface area contributed by atoms with Gasteiger partial charge >= 0.3 is 0 Å². The molecule has 0 saturated carbocycles. The minimum Gasteiger partial charge on any atom is -0.373 e. The molecule has 0 bridgehead atoms. The van der Waals surface area contributed by atoms with Crippen molar-refractivity contribution in [2.24, 2.45) is 0 Å². The number of benzene rings is 1. The van der Waals surface area contributed by atoms with E-state index < -0.39 is 0 Å². The van der Waals surface area contributed by atoms with Crippen molar-refractivity contribution in [1.82, 2.24) is 10.3 Å². The molecule has 0 saturated heterocycles. The lowest BCUT2D eigenvalue weighted by Crippen LogP contribution is -2.38. The molecule has 2 aromatic rings. The molecule has 0 radical (unpaired) electrons. The largest absolute Gasteiger partial charge is 0.373 e. The molecule has 2 N–H and O–H groups in total. The maximum Gasteiger partial charge on any atom is 0.243 e. The van der Waals surface area contributed by atoms with Gasteiger partial charge in [-0.05, 0) is 11.6 Å². The summed E-state index contributed by atoms with van der Waals surface area (Å²) in [6.45, 7) is 0.497. The van der Waals surface area contributed by atoms with Crippen LogP contribution in [-0.2, 0) is 17.8 Å². The van der Waals surface area contributed by atoms with Crippen LogP contribution in [0.1, 0.15) is 11.3 Å². The summed E-state index contributed by atoms with van der Waals surface area (Å²) in [5.74, 6) is 0.0270. The summed E-state index contributed by atoms with van der Waals surface area (Å²) in [7, 11) is 0. The van der Waals surface area contributed by atoms with E-state index in [4.69, 9.17) is 0 Å². The number of hydrogen-bond acceptors (Lipinski definition) is 4. The van der Waals surface area contributed by atoms with E-state index in [0.717, 1.165) is 17.8 Å².